The van der Waals surface area contributed by atoms with Gasteiger partial charge >= 0.3 is 0 Å². The second-order valence-corrected chi connectivity index (χ2v) is 4.42. The molecular weight excluding hydrogens is 219 g/mol. The van der Waals surface area contributed by atoms with E-state index in [9.17, 15) is 9.18 Å². The zero-order valence-corrected chi connectivity index (χ0v) is 10.0. The molecule has 0 unspecified atom stereocenters. The average molecular weight is 236 g/mol. The van der Waals surface area contributed by atoms with Crippen molar-refractivity contribution >= 4 is 5.78 Å². The van der Waals surface area contributed by atoms with Crippen molar-refractivity contribution in [1.29, 1.82) is 0 Å². The minimum atomic E-state index is -0.448. The van der Waals surface area contributed by atoms with E-state index in [4.69, 9.17) is 4.74 Å². The van der Waals surface area contributed by atoms with Crippen LogP contribution in [0.1, 0.15) is 43.0 Å². The van der Waals surface area contributed by atoms with Crippen LogP contribution in [0.3, 0.4) is 0 Å². The minimum absolute atomic E-state index is 0.0736. The Morgan fingerprint density at radius 2 is 2.12 bits per heavy atom. The van der Waals surface area contributed by atoms with Gasteiger partial charge < -0.3 is 4.74 Å². The van der Waals surface area contributed by atoms with Crippen molar-refractivity contribution in [2.45, 2.75) is 32.6 Å². The van der Waals surface area contributed by atoms with Gasteiger partial charge in [-0.05, 0) is 38.0 Å². The molecule has 92 valence electrons. The number of ether oxygens (including phenoxy) is 1. The predicted octanol–water partition coefficient (Wildman–Crippen LogP) is 3.60. The van der Waals surface area contributed by atoms with Gasteiger partial charge in [0.25, 0.3) is 0 Å². The van der Waals surface area contributed by atoms with Gasteiger partial charge in [-0.1, -0.05) is 12.8 Å². The second kappa shape index (κ2) is 5.30. The van der Waals surface area contributed by atoms with Crippen molar-refractivity contribution in [2.24, 2.45) is 5.92 Å². The zero-order chi connectivity index (χ0) is 12.3. The summed E-state index contributed by atoms with van der Waals surface area (Å²) < 4.78 is 18.7. The summed E-state index contributed by atoms with van der Waals surface area (Å²) in [6.07, 6.45) is 4.09. The van der Waals surface area contributed by atoms with Gasteiger partial charge in [0.2, 0.25) is 0 Å². The predicted molar refractivity (Wildman–Crippen MR) is 63.9 cm³/mol. The Hall–Kier alpha value is -1.38. The minimum Gasteiger partial charge on any atom is -0.491 e. The first-order valence-electron chi connectivity index (χ1n) is 6.19. The van der Waals surface area contributed by atoms with Crippen LogP contribution in [-0.4, -0.2) is 12.4 Å². The maximum Gasteiger partial charge on any atom is 0.166 e. The van der Waals surface area contributed by atoms with Crippen LogP contribution in [0.25, 0.3) is 0 Å². The first-order chi connectivity index (χ1) is 8.22. The van der Waals surface area contributed by atoms with Crippen molar-refractivity contribution in [3.8, 4) is 5.75 Å². The molecule has 0 atom stereocenters. The highest BCUT2D eigenvalue weighted by atomic mass is 19.1. The average Bonchev–Trinajstić information content (AvgIpc) is 2.84. The van der Waals surface area contributed by atoms with E-state index >= 15 is 0 Å². The summed E-state index contributed by atoms with van der Waals surface area (Å²) in [5.74, 6) is -0.0667. The zero-order valence-electron chi connectivity index (χ0n) is 10.0. The summed E-state index contributed by atoms with van der Waals surface area (Å²) in [4.78, 5) is 12.1. The number of benzene rings is 1. The molecule has 2 nitrogen and oxygen atoms in total. The molecule has 0 spiro atoms. The normalized spacial score (nSPS) is 16.1. The molecule has 0 N–H and O–H groups in total. The van der Waals surface area contributed by atoms with E-state index in [-0.39, 0.29) is 17.5 Å². The Kier molecular flexibility index (Phi) is 3.77. The molecule has 0 aliphatic heterocycles. The van der Waals surface area contributed by atoms with Crippen molar-refractivity contribution < 1.29 is 13.9 Å². The smallest absolute Gasteiger partial charge is 0.166 e. The standard InChI is InChI=1S/C14H17FO2/c1-2-17-13-8-7-11(9-12(13)15)14(16)10-5-3-4-6-10/h7-10H,2-6H2,1H3. The van der Waals surface area contributed by atoms with Crippen LogP contribution in [0.4, 0.5) is 4.39 Å². The van der Waals surface area contributed by atoms with Gasteiger partial charge in [-0.25, -0.2) is 4.39 Å². The molecule has 0 bridgehead atoms. The maximum atomic E-state index is 13.6. The first kappa shape index (κ1) is 12.1. The fourth-order valence-corrected chi connectivity index (χ4v) is 2.35. The molecule has 3 heteroatoms. The maximum absolute atomic E-state index is 13.6. The summed E-state index contributed by atoms with van der Waals surface area (Å²) >= 11 is 0. The van der Waals surface area contributed by atoms with Crippen LogP contribution in [0.2, 0.25) is 0 Å². The van der Waals surface area contributed by atoms with Crippen LogP contribution >= 0.6 is 0 Å². The fourth-order valence-electron chi connectivity index (χ4n) is 2.35. The molecule has 1 aromatic carbocycles. The summed E-state index contributed by atoms with van der Waals surface area (Å²) in [5, 5.41) is 0. The highest BCUT2D eigenvalue weighted by Crippen LogP contribution is 2.29. The van der Waals surface area contributed by atoms with E-state index in [1.54, 1.807) is 19.1 Å². The SMILES string of the molecule is CCOc1ccc(C(=O)C2CCCC2)cc1F. The third-order valence-corrected chi connectivity index (χ3v) is 3.24. The second-order valence-electron chi connectivity index (χ2n) is 4.42. The molecule has 1 fully saturated rings. The van der Waals surface area contributed by atoms with Crippen molar-refractivity contribution in [1.82, 2.24) is 0 Å². The van der Waals surface area contributed by atoms with Crippen LogP contribution in [0.15, 0.2) is 18.2 Å². The molecule has 1 saturated carbocycles. The molecule has 2 rings (SSSR count). The summed E-state index contributed by atoms with van der Waals surface area (Å²) in [6.45, 7) is 2.23. The van der Waals surface area contributed by atoms with Gasteiger partial charge in [0.05, 0.1) is 6.61 Å². The van der Waals surface area contributed by atoms with Crippen molar-refractivity contribution in [2.75, 3.05) is 6.61 Å². The van der Waals surface area contributed by atoms with Gasteiger partial charge in [0, 0.05) is 11.5 Å². The van der Waals surface area contributed by atoms with E-state index in [0.717, 1.165) is 25.7 Å². The summed E-state index contributed by atoms with van der Waals surface area (Å²) in [6, 6.07) is 4.50. The van der Waals surface area contributed by atoms with Gasteiger partial charge in [-0.3, -0.25) is 4.79 Å². The lowest BCUT2D eigenvalue weighted by Gasteiger charge is -2.09. The molecule has 1 aromatic rings. The third-order valence-electron chi connectivity index (χ3n) is 3.24. The molecule has 0 saturated heterocycles. The Morgan fingerprint density at radius 3 is 2.71 bits per heavy atom. The largest absolute Gasteiger partial charge is 0.491 e. The fraction of sp³-hybridized carbons (Fsp3) is 0.500. The number of Topliss-reactive ketones (excluding diaryl/α,β-unsaturated/α-hetero) is 1. The number of ketones is 1. The van der Waals surface area contributed by atoms with Gasteiger partial charge in [0.15, 0.2) is 17.3 Å². The number of halogens is 1. The van der Waals surface area contributed by atoms with Crippen LogP contribution in [0.5, 0.6) is 5.75 Å². The number of carbonyl (C=O) groups is 1. The lowest BCUT2D eigenvalue weighted by molar-refractivity contribution is 0.0922. The van der Waals surface area contributed by atoms with Crippen LogP contribution in [0, 0.1) is 11.7 Å². The van der Waals surface area contributed by atoms with E-state index in [1.165, 1.54) is 6.07 Å². The molecule has 0 radical (unpaired) electrons. The first-order valence-corrected chi connectivity index (χ1v) is 6.19. The summed E-state index contributed by atoms with van der Waals surface area (Å²) in [5.41, 5.74) is 0.470. The van der Waals surface area contributed by atoms with E-state index in [1.807, 2.05) is 0 Å². The Bertz CT molecular complexity index is 409. The van der Waals surface area contributed by atoms with E-state index in [0.29, 0.717) is 12.2 Å². The van der Waals surface area contributed by atoms with E-state index < -0.39 is 5.82 Å². The summed E-state index contributed by atoms with van der Waals surface area (Å²) in [7, 11) is 0. The number of rotatable bonds is 4. The monoisotopic (exact) mass is 236 g/mol. The topological polar surface area (TPSA) is 26.3 Å². The quantitative estimate of drug-likeness (QED) is 0.747. The number of hydrogen-bond acceptors (Lipinski definition) is 2. The molecule has 0 amide bonds. The molecule has 1 aliphatic carbocycles. The van der Waals surface area contributed by atoms with Gasteiger partial charge in [0.1, 0.15) is 0 Å². The Labute approximate surface area is 101 Å². The molecule has 1 aliphatic rings. The molecule has 0 aromatic heterocycles. The van der Waals surface area contributed by atoms with E-state index in [2.05, 4.69) is 0 Å². The lowest BCUT2D eigenvalue weighted by atomic mass is 9.96. The van der Waals surface area contributed by atoms with Gasteiger partial charge in [-0.15, -0.1) is 0 Å². The Morgan fingerprint density at radius 1 is 1.41 bits per heavy atom. The van der Waals surface area contributed by atoms with Gasteiger partial charge in [-0.2, -0.15) is 0 Å². The molecular formula is C14H17FO2. The van der Waals surface area contributed by atoms with Crippen LogP contribution < -0.4 is 4.74 Å². The lowest BCUT2D eigenvalue weighted by Crippen LogP contribution is -2.11. The Balaban J connectivity index is 2.16. The van der Waals surface area contributed by atoms with Crippen LogP contribution in [-0.2, 0) is 0 Å². The molecule has 17 heavy (non-hydrogen) atoms. The highest BCUT2D eigenvalue weighted by Gasteiger charge is 2.24. The molecule has 0 heterocycles. The number of carbonyl (C=O) groups excluding carboxylic acids is 1. The van der Waals surface area contributed by atoms with Crippen molar-refractivity contribution in [3.05, 3.63) is 29.6 Å². The van der Waals surface area contributed by atoms with Crippen molar-refractivity contribution in [3.63, 3.8) is 0 Å². The highest BCUT2D eigenvalue weighted by molar-refractivity contribution is 5.98. The third kappa shape index (κ3) is 2.65. The number of hydrogen-bond donors (Lipinski definition) is 0.